The highest BCUT2D eigenvalue weighted by atomic mass is 35.5. The number of hydrogen-bond acceptors (Lipinski definition) is 6. The lowest BCUT2D eigenvalue weighted by molar-refractivity contribution is 0.103. The molecule has 0 aliphatic rings. The van der Waals surface area contributed by atoms with E-state index in [9.17, 15) is 4.79 Å². The summed E-state index contributed by atoms with van der Waals surface area (Å²) < 4.78 is 4.21. The monoisotopic (exact) mass is 491 g/mol. The Labute approximate surface area is 205 Å². The third-order valence-electron chi connectivity index (χ3n) is 5.46. The Kier molecular flexibility index (Phi) is 6.29. The summed E-state index contributed by atoms with van der Waals surface area (Å²) in [6.45, 7) is 3.65. The molecule has 3 heterocycles. The molecular formula is C24H22ClN7OS. The summed E-state index contributed by atoms with van der Waals surface area (Å²) in [7, 11) is 0. The van der Waals surface area contributed by atoms with Gasteiger partial charge in [0.25, 0.3) is 5.91 Å². The van der Waals surface area contributed by atoms with E-state index in [1.807, 2.05) is 50.0 Å². The lowest BCUT2D eigenvalue weighted by atomic mass is 10.2. The third kappa shape index (κ3) is 4.66. The molecule has 1 amide bonds. The summed E-state index contributed by atoms with van der Waals surface area (Å²) in [6, 6.07) is 11.5. The maximum atomic E-state index is 12.7. The number of halogens is 1. The number of fused-ring (bicyclic) bond motifs is 1. The molecule has 0 bridgehead atoms. The lowest BCUT2D eigenvalue weighted by Gasteiger charge is -2.09. The quantitative estimate of drug-likeness (QED) is 0.289. The summed E-state index contributed by atoms with van der Waals surface area (Å²) in [5, 5.41) is 7.32. The molecule has 0 aliphatic heterocycles. The fourth-order valence-electron chi connectivity index (χ4n) is 3.73. The van der Waals surface area contributed by atoms with Gasteiger partial charge in [-0.2, -0.15) is 0 Å². The van der Waals surface area contributed by atoms with E-state index in [2.05, 4.69) is 40.8 Å². The Morgan fingerprint density at radius 2 is 2.00 bits per heavy atom. The van der Waals surface area contributed by atoms with Crippen molar-refractivity contribution in [1.29, 1.82) is 0 Å². The van der Waals surface area contributed by atoms with Gasteiger partial charge in [-0.1, -0.05) is 41.1 Å². The molecule has 0 saturated carbocycles. The molecule has 34 heavy (non-hydrogen) atoms. The van der Waals surface area contributed by atoms with Crippen LogP contribution in [0, 0.1) is 6.92 Å². The first-order chi connectivity index (χ1) is 16.6. The molecule has 5 aromatic rings. The SMILES string of the molecule is Cc1cccc(Cl)c1NC(=O)c1cnc(Nc2cccc3c2ncn3CCCn2ccnc2)s1. The van der Waals surface area contributed by atoms with Crippen molar-refractivity contribution in [3.8, 4) is 0 Å². The Morgan fingerprint density at radius 1 is 1.12 bits per heavy atom. The second-order valence-electron chi connectivity index (χ2n) is 7.81. The molecule has 0 saturated heterocycles. The fourth-order valence-corrected chi connectivity index (χ4v) is 4.72. The van der Waals surface area contributed by atoms with Gasteiger partial charge in [0.2, 0.25) is 0 Å². The van der Waals surface area contributed by atoms with Crippen LogP contribution in [0.25, 0.3) is 11.0 Å². The number of thiazole rings is 1. The maximum absolute atomic E-state index is 12.7. The highest BCUT2D eigenvalue weighted by molar-refractivity contribution is 7.17. The number of carbonyl (C=O) groups excluding carboxylic acids is 1. The molecule has 8 nitrogen and oxygen atoms in total. The fraction of sp³-hybridized carbons (Fsp3) is 0.167. The van der Waals surface area contributed by atoms with Gasteiger partial charge in [-0.05, 0) is 37.1 Å². The molecule has 5 rings (SSSR count). The predicted octanol–water partition coefficient (Wildman–Crippen LogP) is 5.74. The van der Waals surface area contributed by atoms with Gasteiger partial charge in [-0.3, -0.25) is 4.79 Å². The van der Waals surface area contributed by atoms with E-state index in [4.69, 9.17) is 11.6 Å². The maximum Gasteiger partial charge on any atom is 0.267 e. The molecule has 10 heteroatoms. The van der Waals surface area contributed by atoms with Crippen LogP contribution in [0.2, 0.25) is 5.02 Å². The predicted molar refractivity (Wildman–Crippen MR) is 136 cm³/mol. The van der Waals surface area contributed by atoms with Crippen molar-refractivity contribution < 1.29 is 4.79 Å². The third-order valence-corrected chi connectivity index (χ3v) is 6.68. The number of aryl methyl sites for hydroxylation is 3. The normalized spacial score (nSPS) is 11.1. The summed E-state index contributed by atoms with van der Waals surface area (Å²) in [5.41, 5.74) is 4.25. The summed E-state index contributed by atoms with van der Waals surface area (Å²) in [6.07, 6.45) is 9.96. The number of aromatic nitrogens is 5. The largest absolute Gasteiger partial charge is 0.337 e. The van der Waals surface area contributed by atoms with Crippen molar-refractivity contribution in [3.05, 3.63) is 83.1 Å². The van der Waals surface area contributed by atoms with Crippen LogP contribution < -0.4 is 10.6 Å². The first-order valence-electron chi connectivity index (χ1n) is 10.8. The zero-order valence-electron chi connectivity index (χ0n) is 18.4. The number of amides is 1. The van der Waals surface area contributed by atoms with Crippen molar-refractivity contribution in [1.82, 2.24) is 24.1 Å². The van der Waals surface area contributed by atoms with E-state index in [-0.39, 0.29) is 5.91 Å². The van der Waals surface area contributed by atoms with Gasteiger partial charge < -0.3 is 19.8 Å². The van der Waals surface area contributed by atoms with Crippen LogP contribution in [-0.2, 0) is 13.1 Å². The van der Waals surface area contributed by atoms with Gasteiger partial charge in [-0.25, -0.2) is 15.0 Å². The van der Waals surface area contributed by atoms with Crippen LogP contribution in [0.15, 0.2) is 67.6 Å². The van der Waals surface area contributed by atoms with E-state index < -0.39 is 0 Å². The van der Waals surface area contributed by atoms with Gasteiger partial charge in [-0.15, -0.1) is 0 Å². The average Bonchev–Trinajstić information content (AvgIpc) is 3.59. The number of hydrogen-bond donors (Lipinski definition) is 2. The topological polar surface area (TPSA) is 89.7 Å². The minimum Gasteiger partial charge on any atom is -0.337 e. The number of benzene rings is 2. The summed E-state index contributed by atoms with van der Waals surface area (Å²) in [5.74, 6) is -0.248. The standard InChI is InChI=1S/C24H22ClN7OS/c1-16-5-2-6-17(25)21(16)30-23(33)20-13-27-24(34-20)29-18-7-3-8-19-22(18)28-15-32(19)11-4-10-31-12-9-26-14-31/h2-3,5-9,12-15H,4,10-11H2,1H3,(H,27,29)(H,30,33). The first-order valence-corrected chi connectivity index (χ1v) is 12.0. The lowest BCUT2D eigenvalue weighted by Crippen LogP contribution is -2.11. The number of nitrogens with zero attached hydrogens (tertiary/aromatic N) is 5. The summed E-state index contributed by atoms with van der Waals surface area (Å²) >= 11 is 7.51. The molecule has 0 aliphatic carbocycles. The van der Waals surface area contributed by atoms with Crippen molar-refractivity contribution in [3.63, 3.8) is 0 Å². The van der Waals surface area contributed by atoms with Gasteiger partial charge in [0.15, 0.2) is 5.13 Å². The van der Waals surface area contributed by atoms with E-state index >= 15 is 0 Å². The molecule has 0 radical (unpaired) electrons. The van der Waals surface area contributed by atoms with Crippen LogP contribution in [0.1, 0.15) is 21.7 Å². The van der Waals surface area contributed by atoms with Crippen LogP contribution in [0.4, 0.5) is 16.5 Å². The number of imidazole rings is 2. The molecule has 0 fully saturated rings. The minimum atomic E-state index is -0.248. The van der Waals surface area contributed by atoms with Crippen molar-refractivity contribution >= 4 is 56.4 Å². The zero-order chi connectivity index (χ0) is 23.5. The summed E-state index contributed by atoms with van der Waals surface area (Å²) in [4.78, 5) is 26.3. The number of carbonyl (C=O) groups is 1. The first kappa shape index (κ1) is 22.1. The number of anilines is 3. The second-order valence-corrected chi connectivity index (χ2v) is 9.24. The van der Waals surface area contributed by atoms with Crippen LogP contribution in [-0.4, -0.2) is 30.0 Å². The van der Waals surface area contributed by atoms with E-state index in [0.29, 0.717) is 20.7 Å². The Balaban J connectivity index is 1.28. The number of nitrogens with one attached hydrogen (secondary N) is 2. The van der Waals surface area contributed by atoms with Crippen molar-refractivity contribution in [2.75, 3.05) is 10.6 Å². The highest BCUT2D eigenvalue weighted by Gasteiger charge is 2.15. The van der Waals surface area contributed by atoms with E-state index in [1.54, 1.807) is 18.5 Å². The van der Waals surface area contributed by atoms with Crippen LogP contribution >= 0.6 is 22.9 Å². The Morgan fingerprint density at radius 3 is 2.82 bits per heavy atom. The molecule has 172 valence electrons. The molecule has 0 unspecified atom stereocenters. The van der Waals surface area contributed by atoms with E-state index in [1.165, 1.54) is 11.3 Å². The molecule has 0 atom stereocenters. The van der Waals surface area contributed by atoms with Gasteiger partial charge in [0.1, 0.15) is 10.4 Å². The van der Waals surface area contributed by atoms with Crippen molar-refractivity contribution in [2.45, 2.75) is 26.4 Å². The molecule has 2 N–H and O–H groups in total. The second kappa shape index (κ2) is 9.66. The van der Waals surface area contributed by atoms with E-state index in [0.717, 1.165) is 41.8 Å². The van der Waals surface area contributed by atoms with Crippen LogP contribution in [0.5, 0.6) is 0 Å². The molecule has 0 spiro atoms. The highest BCUT2D eigenvalue weighted by Crippen LogP contribution is 2.30. The minimum absolute atomic E-state index is 0.248. The molecule has 3 aromatic heterocycles. The number of rotatable bonds is 8. The van der Waals surface area contributed by atoms with Crippen LogP contribution in [0.3, 0.4) is 0 Å². The Bertz CT molecular complexity index is 1420. The average molecular weight is 492 g/mol. The van der Waals surface area contributed by atoms with Gasteiger partial charge in [0, 0.05) is 25.5 Å². The van der Waals surface area contributed by atoms with Crippen molar-refractivity contribution in [2.24, 2.45) is 0 Å². The number of para-hydroxylation sites is 2. The van der Waals surface area contributed by atoms with Gasteiger partial charge in [0.05, 0.1) is 40.8 Å². The molecule has 2 aromatic carbocycles. The smallest absolute Gasteiger partial charge is 0.267 e. The zero-order valence-corrected chi connectivity index (χ0v) is 20.0. The Hall–Kier alpha value is -3.69. The van der Waals surface area contributed by atoms with Gasteiger partial charge >= 0.3 is 0 Å². The molecular weight excluding hydrogens is 470 g/mol.